The van der Waals surface area contributed by atoms with E-state index in [2.05, 4.69) is 13.0 Å². The molecule has 0 spiro atoms. The number of benzene rings is 1. The molecule has 0 amide bonds. The zero-order valence-electron chi connectivity index (χ0n) is 11.5. The van der Waals surface area contributed by atoms with Crippen LogP contribution in [-0.2, 0) is 14.2 Å². The molecule has 0 aliphatic carbocycles. The third-order valence-corrected chi connectivity index (χ3v) is 2.86. The van der Waals surface area contributed by atoms with Crippen molar-refractivity contribution >= 4 is 0 Å². The molecule has 0 saturated heterocycles. The first-order chi connectivity index (χ1) is 8.76. The van der Waals surface area contributed by atoms with Crippen molar-refractivity contribution in [2.75, 3.05) is 28.1 Å². The third kappa shape index (κ3) is 3.98. The molecule has 0 heterocycles. The highest BCUT2D eigenvalue weighted by molar-refractivity contribution is 5.31. The second-order valence-corrected chi connectivity index (χ2v) is 3.98. The molecule has 1 unspecified atom stereocenters. The largest absolute Gasteiger partial charge is 0.468 e. The fraction of sp³-hybridized carbons (Fsp3) is 0.571. The molecule has 0 bridgehead atoms. The van der Waals surface area contributed by atoms with Crippen LogP contribution in [0.4, 0.5) is 0 Å². The fourth-order valence-electron chi connectivity index (χ4n) is 1.97. The van der Waals surface area contributed by atoms with Crippen molar-refractivity contribution in [2.45, 2.75) is 25.6 Å². The minimum absolute atomic E-state index is 0.186. The first kappa shape index (κ1) is 15.0. The molecule has 1 aromatic carbocycles. The molecule has 0 N–H and O–H groups in total. The summed E-state index contributed by atoms with van der Waals surface area (Å²) < 4.78 is 21.0. The molecule has 0 aliphatic rings. The zero-order valence-corrected chi connectivity index (χ0v) is 11.5. The van der Waals surface area contributed by atoms with Crippen LogP contribution in [0.2, 0.25) is 0 Å². The minimum atomic E-state index is -0.243. The van der Waals surface area contributed by atoms with E-state index in [1.165, 1.54) is 0 Å². The average molecular weight is 254 g/mol. The van der Waals surface area contributed by atoms with E-state index in [4.69, 9.17) is 18.9 Å². The Bertz CT molecular complexity index is 336. The van der Waals surface area contributed by atoms with Gasteiger partial charge in [-0.3, -0.25) is 0 Å². The van der Waals surface area contributed by atoms with E-state index >= 15 is 0 Å². The van der Waals surface area contributed by atoms with Gasteiger partial charge < -0.3 is 18.9 Å². The maximum absolute atomic E-state index is 5.43. The summed E-state index contributed by atoms with van der Waals surface area (Å²) in [5, 5.41) is 0. The summed E-state index contributed by atoms with van der Waals surface area (Å²) in [6.45, 7) is 2.36. The molecule has 0 aliphatic heterocycles. The zero-order chi connectivity index (χ0) is 13.4. The maximum Gasteiger partial charge on any atom is 0.188 e. The summed E-state index contributed by atoms with van der Waals surface area (Å²) in [6, 6.07) is 7.92. The van der Waals surface area contributed by atoms with Crippen LogP contribution in [0.25, 0.3) is 0 Å². The Balaban J connectivity index is 2.84. The van der Waals surface area contributed by atoms with Crippen LogP contribution >= 0.6 is 0 Å². The van der Waals surface area contributed by atoms with Gasteiger partial charge in [0.15, 0.2) is 13.1 Å². The molecule has 0 saturated carbocycles. The Kier molecular flexibility index (Phi) is 6.72. The Hall–Kier alpha value is -1.10. The predicted molar refractivity (Wildman–Crippen MR) is 69.8 cm³/mol. The normalized spacial score (nSPS) is 12.7. The standard InChI is InChI=1S/C14H22O4/c1-5-13(14(16-3)17-4)11-7-6-8-12(9-11)18-10-15-2/h6-9,13-14H,5,10H2,1-4H3. The molecular formula is C14H22O4. The number of hydrogen-bond donors (Lipinski definition) is 0. The van der Waals surface area contributed by atoms with Crippen LogP contribution < -0.4 is 4.74 Å². The summed E-state index contributed by atoms with van der Waals surface area (Å²) in [5.74, 6) is 0.977. The van der Waals surface area contributed by atoms with E-state index < -0.39 is 0 Å². The van der Waals surface area contributed by atoms with E-state index in [1.54, 1.807) is 21.3 Å². The van der Waals surface area contributed by atoms with Crippen LogP contribution in [0.3, 0.4) is 0 Å². The molecule has 0 fully saturated rings. The second-order valence-electron chi connectivity index (χ2n) is 3.98. The van der Waals surface area contributed by atoms with E-state index in [0.29, 0.717) is 0 Å². The van der Waals surface area contributed by atoms with Crippen LogP contribution in [-0.4, -0.2) is 34.4 Å². The molecule has 0 radical (unpaired) electrons. The molecular weight excluding hydrogens is 232 g/mol. The highest BCUT2D eigenvalue weighted by atomic mass is 16.7. The Morgan fingerprint density at radius 2 is 1.83 bits per heavy atom. The van der Waals surface area contributed by atoms with Crippen LogP contribution in [0.5, 0.6) is 5.75 Å². The molecule has 4 nitrogen and oxygen atoms in total. The van der Waals surface area contributed by atoms with Crippen molar-refractivity contribution in [2.24, 2.45) is 0 Å². The smallest absolute Gasteiger partial charge is 0.188 e. The van der Waals surface area contributed by atoms with E-state index in [0.717, 1.165) is 17.7 Å². The van der Waals surface area contributed by atoms with Crippen molar-refractivity contribution in [1.29, 1.82) is 0 Å². The van der Waals surface area contributed by atoms with Gasteiger partial charge in [-0.05, 0) is 24.1 Å². The first-order valence-electron chi connectivity index (χ1n) is 6.04. The highest BCUT2D eigenvalue weighted by Crippen LogP contribution is 2.28. The van der Waals surface area contributed by atoms with Gasteiger partial charge in [0.2, 0.25) is 0 Å². The van der Waals surface area contributed by atoms with Crippen LogP contribution in [0.1, 0.15) is 24.8 Å². The maximum atomic E-state index is 5.43. The van der Waals surface area contributed by atoms with Gasteiger partial charge in [-0.25, -0.2) is 0 Å². The van der Waals surface area contributed by atoms with Gasteiger partial charge in [0, 0.05) is 27.2 Å². The minimum Gasteiger partial charge on any atom is -0.468 e. The molecule has 102 valence electrons. The van der Waals surface area contributed by atoms with Gasteiger partial charge in [-0.2, -0.15) is 0 Å². The number of ether oxygens (including phenoxy) is 4. The van der Waals surface area contributed by atoms with Gasteiger partial charge in [-0.1, -0.05) is 19.1 Å². The number of rotatable bonds is 8. The van der Waals surface area contributed by atoms with Crippen molar-refractivity contribution in [3.05, 3.63) is 29.8 Å². The molecule has 0 aromatic heterocycles. The van der Waals surface area contributed by atoms with E-state index in [1.807, 2.05) is 18.2 Å². The van der Waals surface area contributed by atoms with Gasteiger partial charge in [0.25, 0.3) is 0 Å². The van der Waals surface area contributed by atoms with Gasteiger partial charge in [0.05, 0.1) is 0 Å². The Morgan fingerprint density at radius 1 is 1.11 bits per heavy atom. The Morgan fingerprint density at radius 3 is 2.39 bits per heavy atom. The lowest BCUT2D eigenvalue weighted by molar-refractivity contribution is -0.118. The quantitative estimate of drug-likeness (QED) is 0.668. The molecule has 1 rings (SSSR count). The van der Waals surface area contributed by atoms with Crippen molar-refractivity contribution in [3.8, 4) is 5.75 Å². The van der Waals surface area contributed by atoms with Crippen LogP contribution in [0, 0.1) is 0 Å². The first-order valence-corrected chi connectivity index (χ1v) is 6.04. The monoisotopic (exact) mass is 254 g/mol. The summed E-state index contributed by atoms with van der Waals surface area (Å²) in [6.07, 6.45) is 0.688. The van der Waals surface area contributed by atoms with Gasteiger partial charge >= 0.3 is 0 Å². The highest BCUT2D eigenvalue weighted by Gasteiger charge is 2.21. The van der Waals surface area contributed by atoms with Crippen LogP contribution in [0.15, 0.2) is 24.3 Å². The average Bonchev–Trinajstić information content (AvgIpc) is 2.42. The summed E-state index contributed by atoms with van der Waals surface area (Å²) in [5.41, 5.74) is 1.14. The van der Waals surface area contributed by atoms with Gasteiger partial charge in [0.1, 0.15) is 5.75 Å². The van der Waals surface area contributed by atoms with E-state index in [9.17, 15) is 0 Å². The lowest BCUT2D eigenvalue weighted by Gasteiger charge is -2.24. The summed E-state index contributed by atoms with van der Waals surface area (Å²) >= 11 is 0. The number of methoxy groups -OCH3 is 3. The Labute approximate surface area is 109 Å². The molecule has 18 heavy (non-hydrogen) atoms. The summed E-state index contributed by atoms with van der Waals surface area (Å²) in [7, 11) is 4.91. The molecule has 4 heteroatoms. The topological polar surface area (TPSA) is 36.9 Å². The number of hydrogen-bond acceptors (Lipinski definition) is 4. The lowest BCUT2D eigenvalue weighted by Crippen LogP contribution is -2.22. The predicted octanol–water partition coefficient (Wildman–Crippen LogP) is 2.78. The molecule has 1 atom stereocenters. The van der Waals surface area contributed by atoms with E-state index in [-0.39, 0.29) is 19.0 Å². The van der Waals surface area contributed by atoms with Crippen molar-refractivity contribution < 1.29 is 18.9 Å². The third-order valence-electron chi connectivity index (χ3n) is 2.86. The van der Waals surface area contributed by atoms with Crippen molar-refractivity contribution in [1.82, 2.24) is 0 Å². The van der Waals surface area contributed by atoms with Crippen molar-refractivity contribution in [3.63, 3.8) is 0 Å². The lowest BCUT2D eigenvalue weighted by atomic mass is 9.95. The second kappa shape index (κ2) is 8.08. The SMILES string of the molecule is CCC(c1cccc(OCOC)c1)C(OC)OC. The fourth-order valence-corrected chi connectivity index (χ4v) is 1.97. The molecule has 1 aromatic rings. The summed E-state index contributed by atoms with van der Waals surface area (Å²) in [4.78, 5) is 0. The van der Waals surface area contributed by atoms with Gasteiger partial charge in [-0.15, -0.1) is 0 Å².